The average molecular weight is 496 g/mol. The maximum atomic E-state index is 13.8. The third-order valence-corrected chi connectivity index (χ3v) is 6.03. The number of ether oxygens (including phenoxy) is 2. The predicted molar refractivity (Wildman–Crippen MR) is 132 cm³/mol. The number of rotatable bonds is 6. The topological polar surface area (TPSA) is 101 Å². The smallest absolute Gasteiger partial charge is 0.410 e. The van der Waals surface area contributed by atoms with Gasteiger partial charge in [0.15, 0.2) is 5.78 Å². The number of likely N-dealkylation sites (tertiary alicyclic amines) is 1. The van der Waals surface area contributed by atoms with E-state index in [4.69, 9.17) is 9.47 Å². The molecule has 0 spiro atoms. The van der Waals surface area contributed by atoms with Crippen LogP contribution in [0.25, 0.3) is 10.9 Å². The number of hydrogen-bond donors (Lipinski definition) is 2. The summed E-state index contributed by atoms with van der Waals surface area (Å²) in [5.74, 6) is -0.970. The lowest BCUT2D eigenvalue weighted by molar-refractivity contribution is -0.117. The van der Waals surface area contributed by atoms with Crippen molar-refractivity contribution in [3.05, 3.63) is 71.7 Å². The molecular weight excluding hydrogens is 465 g/mol. The molecule has 1 aliphatic heterocycles. The molecule has 2 heterocycles. The fourth-order valence-corrected chi connectivity index (χ4v) is 4.44. The number of aromatic amines is 1. The largest absolute Gasteiger partial charge is 0.445 e. The Morgan fingerprint density at radius 1 is 1.19 bits per heavy atom. The van der Waals surface area contributed by atoms with Crippen molar-refractivity contribution in [3.63, 3.8) is 0 Å². The number of fused-ring (bicyclic) bond motifs is 1. The minimum atomic E-state index is -0.736. The Labute approximate surface area is 208 Å². The summed E-state index contributed by atoms with van der Waals surface area (Å²) >= 11 is 0. The monoisotopic (exact) mass is 495 g/mol. The van der Waals surface area contributed by atoms with Crippen LogP contribution in [0.2, 0.25) is 0 Å². The van der Waals surface area contributed by atoms with Gasteiger partial charge >= 0.3 is 12.2 Å². The first-order valence-electron chi connectivity index (χ1n) is 11.8. The fourth-order valence-electron chi connectivity index (χ4n) is 4.44. The lowest BCUT2D eigenvalue weighted by Gasteiger charge is -2.32. The molecule has 2 N–H and O–H groups in total. The van der Waals surface area contributed by atoms with Crippen molar-refractivity contribution in [2.75, 3.05) is 13.1 Å². The van der Waals surface area contributed by atoms with Gasteiger partial charge in [0, 0.05) is 36.0 Å². The summed E-state index contributed by atoms with van der Waals surface area (Å²) < 4.78 is 24.7. The van der Waals surface area contributed by atoms with Crippen LogP contribution in [-0.4, -0.2) is 52.6 Å². The first-order valence-corrected chi connectivity index (χ1v) is 11.8. The number of alkyl carbamates (subject to hydrolysis) is 1. The number of ketones is 1. The zero-order chi connectivity index (χ0) is 25.9. The number of carbonyl (C=O) groups is 3. The van der Waals surface area contributed by atoms with Gasteiger partial charge in [0.1, 0.15) is 18.0 Å². The lowest BCUT2D eigenvalue weighted by atomic mass is 9.89. The molecule has 0 unspecified atom stereocenters. The summed E-state index contributed by atoms with van der Waals surface area (Å²) in [5.41, 5.74) is 1.44. The van der Waals surface area contributed by atoms with Crippen LogP contribution in [0.1, 0.15) is 44.2 Å². The molecule has 2 atom stereocenters. The molecule has 8 nitrogen and oxygen atoms in total. The van der Waals surface area contributed by atoms with Crippen LogP contribution in [0.4, 0.5) is 14.0 Å². The highest BCUT2D eigenvalue weighted by Gasteiger charge is 2.42. The van der Waals surface area contributed by atoms with Crippen LogP contribution < -0.4 is 5.32 Å². The molecule has 36 heavy (non-hydrogen) atoms. The van der Waals surface area contributed by atoms with Crippen molar-refractivity contribution in [1.29, 1.82) is 0 Å². The molecule has 9 heteroatoms. The maximum Gasteiger partial charge on any atom is 0.410 e. The average Bonchev–Trinajstić information content (AvgIpc) is 3.41. The zero-order valence-electron chi connectivity index (χ0n) is 20.5. The highest BCUT2D eigenvalue weighted by molar-refractivity contribution is 5.89. The van der Waals surface area contributed by atoms with E-state index >= 15 is 0 Å². The van der Waals surface area contributed by atoms with Gasteiger partial charge in [-0.2, -0.15) is 0 Å². The van der Waals surface area contributed by atoms with E-state index < -0.39 is 29.7 Å². The Bertz CT molecular complexity index is 1250. The number of aromatic nitrogens is 1. The number of carbonyl (C=O) groups excluding carboxylic acids is 3. The number of Topliss-reactive ketones (excluding diaryl/α,β-unsaturated/α-hetero) is 1. The van der Waals surface area contributed by atoms with Gasteiger partial charge in [-0.15, -0.1) is 0 Å². The number of nitrogens with one attached hydrogen (secondary N) is 2. The highest BCUT2D eigenvalue weighted by Crippen LogP contribution is 2.35. The van der Waals surface area contributed by atoms with E-state index in [9.17, 15) is 18.8 Å². The van der Waals surface area contributed by atoms with Gasteiger partial charge in [-0.05, 0) is 50.1 Å². The molecule has 0 radical (unpaired) electrons. The second-order valence-electron chi connectivity index (χ2n) is 9.90. The maximum absolute atomic E-state index is 13.8. The van der Waals surface area contributed by atoms with E-state index in [1.165, 1.54) is 17.0 Å². The lowest BCUT2D eigenvalue weighted by Crippen LogP contribution is -2.45. The summed E-state index contributed by atoms with van der Waals surface area (Å²) in [6, 6.07) is 13.1. The van der Waals surface area contributed by atoms with E-state index in [0.717, 1.165) is 16.5 Å². The Morgan fingerprint density at radius 2 is 1.94 bits per heavy atom. The van der Waals surface area contributed by atoms with Crippen LogP contribution in [0.3, 0.4) is 0 Å². The second-order valence-corrected chi connectivity index (χ2v) is 9.90. The Morgan fingerprint density at radius 3 is 2.67 bits per heavy atom. The van der Waals surface area contributed by atoms with Crippen molar-refractivity contribution in [1.82, 2.24) is 15.2 Å². The minimum Gasteiger partial charge on any atom is -0.445 e. The molecule has 0 saturated carbocycles. The van der Waals surface area contributed by atoms with Gasteiger partial charge in [0.05, 0.1) is 12.6 Å². The zero-order valence-corrected chi connectivity index (χ0v) is 20.5. The Hall–Kier alpha value is -3.88. The van der Waals surface area contributed by atoms with E-state index in [2.05, 4.69) is 10.3 Å². The normalized spacial score (nSPS) is 16.7. The molecule has 1 aromatic heterocycles. The van der Waals surface area contributed by atoms with E-state index in [1.807, 2.05) is 30.3 Å². The van der Waals surface area contributed by atoms with E-state index in [-0.39, 0.29) is 37.7 Å². The molecule has 1 saturated heterocycles. The summed E-state index contributed by atoms with van der Waals surface area (Å²) in [4.78, 5) is 42.5. The summed E-state index contributed by atoms with van der Waals surface area (Å²) in [5, 5.41) is 3.52. The summed E-state index contributed by atoms with van der Waals surface area (Å²) in [6.45, 7) is 5.39. The van der Waals surface area contributed by atoms with Gasteiger partial charge in [0.2, 0.25) is 0 Å². The number of halogens is 1. The van der Waals surface area contributed by atoms with Gasteiger partial charge < -0.3 is 19.8 Å². The number of nitrogens with zero attached hydrogens (tertiary/aromatic N) is 1. The van der Waals surface area contributed by atoms with Crippen molar-refractivity contribution in [2.24, 2.45) is 0 Å². The minimum absolute atomic E-state index is 0.0779. The predicted octanol–water partition coefficient (Wildman–Crippen LogP) is 4.90. The van der Waals surface area contributed by atoms with Gasteiger partial charge in [0.25, 0.3) is 0 Å². The second kappa shape index (κ2) is 10.4. The molecule has 4 rings (SSSR count). The van der Waals surface area contributed by atoms with Crippen LogP contribution in [0.5, 0.6) is 0 Å². The third kappa shape index (κ3) is 6.02. The molecule has 3 aromatic rings. The van der Waals surface area contributed by atoms with Crippen molar-refractivity contribution < 1.29 is 28.2 Å². The summed E-state index contributed by atoms with van der Waals surface area (Å²) in [6.07, 6.45) is 0.615. The molecule has 190 valence electrons. The Balaban J connectivity index is 1.58. The molecule has 2 aromatic carbocycles. The molecular formula is C27H30FN3O5. The first kappa shape index (κ1) is 25.2. The standard InChI is InChI=1S/C27H30FN3O5/c1-27(2,3)36-26(34)31-15-19(32)12-24(31)22(21-13-29-23-11-18(28)9-10-20(21)23)14-30-25(33)35-16-17-7-5-4-6-8-17/h4-11,13,22,24,29H,12,14-16H2,1-3H3,(H,30,33)/t22-,24-/m0/s1. The van der Waals surface area contributed by atoms with Crippen LogP contribution in [0, 0.1) is 5.82 Å². The fraction of sp³-hybridized carbons (Fsp3) is 0.370. The first-order chi connectivity index (χ1) is 17.1. The van der Waals surface area contributed by atoms with Crippen molar-refractivity contribution in [3.8, 4) is 0 Å². The van der Waals surface area contributed by atoms with Crippen LogP contribution in [-0.2, 0) is 20.9 Å². The van der Waals surface area contributed by atoms with Crippen molar-refractivity contribution in [2.45, 2.75) is 51.4 Å². The number of amides is 2. The van der Waals surface area contributed by atoms with E-state index in [0.29, 0.717) is 5.52 Å². The molecule has 1 fully saturated rings. The SMILES string of the molecule is CC(C)(C)OC(=O)N1CC(=O)C[C@H]1[C@@H](CNC(=O)OCc1ccccc1)c1c[nH]c2cc(F)ccc12. The van der Waals surface area contributed by atoms with Crippen LogP contribution in [0.15, 0.2) is 54.7 Å². The van der Waals surface area contributed by atoms with Crippen molar-refractivity contribution >= 4 is 28.9 Å². The van der Waals surface area contributed by atoms with E-state index in [1.54, 1.807) is 33.0 Å². The quantitative estimate of drug-likeness (QED) is 0.507. The molecule has 0 aliphatic carbocycles. The molecule has 2 amide bonds. The summed E-state index contributed by atoms with van der Waals surface area (Å²) in [7, 11) is 0. The number of H-pyrrole nitrogens is 1. The highest BCUT2D eigenvalue weighted by atomic mass is 19.1. The van der Waals surface area contributed by atoms with Gasteiger partial charge in [-0.1, -0.05) is 30.3 Å². The number of hydrogen-bond acceptors (Lipinski definition) is 5. The number of benzene rings is 2. The van der Waals surface area contributed by atoms with Crippen LogP contribution >= 0.6 is 0 Å². The Kier molecular flexibility index (Phi) is 7.28. The molecule has 0 bridgehead atoms. The molecule has 1 aliphatic rings. The van der Waals surface area contributed by atoms with Gasteiger partial charge in [-0.3, -0.25) is 9.69 Å². The third-order valence-electron chi connectivity index (χ3n) is 6.03. The van der Waals surface area contributed by atoms with Gasteiger partial charge in [-0.25, -0.2) is 14.0 Å².